The summed E-state index contributed by atoms with van der Waals surface area (Å²) in [7, 11) is 1.54. The maximum Gasteiger partial charge on any atom is 0.242 e. The van der Waals surface area contributed by atoms with E-state index < -0.39 is 0 Å². The van der Waals surface area contributed by atoms with Gasteiger partial charge < -0.3 is 15.8 Å². The van der Waals surface area contributed by atoms with Crippen molar-refractivity contribution in [1.29, 1.82) is 0 Å². The summed E-state index contributed by atoms with van der Waals surface area (Å²) >= 11 is 1.79. The molecule has 0 amide bonds. The van der Waals surface area contributed by atoms with Gasteiger partial charge in [0.05, 0.1) is 13.2 Å². The zero-order chi connectivity index (χ0) is 14.0. The van der Waals surface area contributed by atoms with Crippen molar-refractivity contribution in [1.82, 2.24) is 9.97 Å². The summed E-state index contributed by atoms with van der Waals surface area (Å²) < 4.78 is 5.09. The third-order valence-electron chi connectivity index (χ3n) is 2.94. The summed E-state index contributed by atoms with van der Waals surface area (Å²) in [5.74, 6) is 0.991. The van der Waals surface area contributed by atoms with E-state index in [1.807, 2.05) is 0 Å². The molecule has 2 aromatic rings. The summed E-state index contributed by atoms with van der Waals surface area (Å²) in [6.07, 6.45) is 1.44. The highest BCUT2D eigenvalue weighted by molar-refractivity contribution is 7.12. The van der Waals surface area contributed by atoms with Gasteiger partial charge in [-0.25, -0.2) is 4.98 Å². The zero-order valence-electron chi connectivity index (χ0n) is 11.5. The predicted molar refractivity (Wildman–Crippen MR) is 78.8 cm³/mol. The number of anilines is 2. The van der Waals surface area contributed by atoms with Crippen LogP contribution < -0.4 is 15.8 Å². The molecule has 2 aromatic heterocycles. The van der Waals surface area contributed by atoms with Gasteiger partial charge in [-0.2, -0.15) is 4.98 Å². The number of nitrogens with one attached hydrogen (secondary N) is 1. The lowest BCUT2D eigenvalue weighted by atomic mass is 10.1. The van der Waals surface area contributed by atoms with Crippen molar-refractivity contribution in [3.63, 3.8) is 0 Å². The van der Waals surface area contributed by atoms with Gasteiger partial charge in [-0.3, -0.25) is 0 Å². The van der Waals surface area contributed by atoms with Crippen LogP contribution in [0.25, 0.3) is 0 Å². The van der Waals surface area contributed by atoms with E-state index in [0.717, 1.165) is 0 Å². The number of methoxy groups -OCH3 is 1. The molecule has 0 aliphatic carbocycles. The predicted octanol–water partition coefficient (Wildman–Crippen LogP) is 2.92. The third kappa shape index (κ3) is 2.78. The fourth-order valence-corrected chi connectivity index (χ4v) is 3.04. The van der Waals surface area contributed by atoms with Crippen molar-refractivity contribution in [2.45, 2.75) is 26.8 Å². The van der Waals surface area contributed by atoms with Crippen LogP contribution in [0.15, 0.2) is 12.4 Å². The second kappa shape index (κ2) is 5.44. The quantitative estimate of drug-likeness (QED) is 0.899. The first-order valence-corrected chi connectivity index (χ1v) is 6.82. The molecule has 6 heteroatoms. The van der Waals surface area contributed by atoms with Crippen LogP contribution in [-0.2, 0) is 0 Å². The molecule has 0 aromatic carbocycles. The molecule has 0 radical (unpaired) electrons. The summed E-state index contributed by atoms with van der Waals surface area (Å²) in [6.45, 7) is 6.31. The van der Waals surface area contributed by atoms with Gasteiger partial charge in [0, 0.05) is 9.75 Å². The van der Waals surface area contributed by atoms with Crippen LogP contribution in [0.4, 0.5) is 11.5 Å². The first kappa shape index (κ1) is 13.6. The molecule has 0 spiro atoms. The van der Waals surface area contributed by atoms with Crippen LogP contribution in [0.2, 0.25) is 0 Å². The number of nitrogens with zero attached hydrogens (tertiary/aromatic N) is 2. The van der Waals surface area contributed by atoms with E-state index in [1.165, 1.54) is 28.8 Å². The minimum atomic E-state index is 0.131. The van der Waals surface area contributed by atoms with E-state index in [1.54, 1.807) is 11.3 Å². The van der Waals surface area contributed by atoms with Gasteiger partial charge in [-0.05, 0) is 32.4 Å². The molecule has 2 rings (SSSR count). The Labute approximate surface area is 116 Å². The van der Waals surface area contributed by atoms with Crippen LogP contribution in [0.1, 0.15) is 28.3 Å². The summed E-state index contributed by atoms with van der Waals surface area (Å²) in [5, 5.41) is 3.31. The Morgan fingerprint density at radius 1 is 1.37 bits per heavy atom. The molecule has 1 unspecified atom stereocenters. The van der Waals surface area contributed by atoms with E-state index in [0.29, 0.717) is 17.4 Å². The molecule has 102 valence electrons. The number of aromatic nitrogens is 2. The van der Waals surface area contributed by atoms with E-state index in [9.17, 15) is 0 Å². The summed E-state index contributed by atoms with van der Waals surface area (Å²) in [5.41, 5.74) is 7.65. The second-order valence-corrected chi connectivity index (χ2v) is 5.84. The molecule has 1 atom stereocenters. The lowest BCUT2D eigenvalue weighted by molar-refractivity contribution is 0.399. The van der Waals surface area contributed by atoms with Gasteiger partial charge in [0.15, 0.2) is 5.82 Å². The van der Waals surface area contributed by atoms with Crippen molar-refractivity contribution in [2.24, 2.45) is 0 Å². The molecule has 0 fully saturated rings. The topological polar surface area (TPSA) is 73.1 Å². The monoisotopic (exact) mass is 278 g/mol. The van der Waals surface area contributed by atoms with Crippen molar-refractivity contribution in [3.05, 3.63) is 27.7 Å². The minimum Gasteiger partial charge on any atom is -0.479 e. The lowest BCUT2D eigenvalue weighted by Crippen LogP contribution is -2.11. The molecule has 2 heterocycles. The maximum atomic E-state index is 5.95. The number of thiophene rings is 1. The molecular formula is C13H18N4OS. The van der Waals surface area contributed by atoms with Crippen LogP contribution >= 0.6 is 11.3 Å². The normalized spacial score (nSPS) is 12.2. The Kier molecular flexibility index (Phi) is 3.90. The minimum absolute atomic E-state index is 0.131. The number of nitrogens with two attached hydrogens (primary N) is 1. The van der Waals surface area contributed by atoms with Crippen LogP contribution in [0, 0.1) is 13.8 Å². The fraction of sp³-hybridized carbons (Fsp3) is 0.385. The van der Waals surface area contributed by atoms with Crippen molar-refractivity contribution >= 4 is 22.8 Å². The Morgan fingerprint density at radius 3 is 2.68 bits per heavy atom. The zero-order valence-corrected chi connectivity index (χ0v) is 12.3. The fourth-order valence-electron chi connectivity index (χ4n) is 2.02. The number of hydrogen-bond donors (Lipinski definition) is 2. The Morgan fingerprint density at radius 2 is 2.11 bits per heavy atom. The van der Waals surface area contributed by atoms with Gasteiger partial charge in [-0.15, -0.1) is 11.3 Å². The number of ether oxygens (including phenoxy) is 1. The van der Waals surface area contributed by atoms with Crippen LogP contribution in [-0.4, -0.2) is 17.1 Å². The van der Waals surface area contributed by atoms with E-state index in [2.05, 4.69) is 42.1 Å². The number of nitrogen functional groups attached to an aromatic ring is 1. The van der Waals surface area contributed by atoms with E-state index in [-0.39, 0.29) is 6.04 Å². The van der Waals surface area contributed by atoms with Crippen LogP contribution in [0.5, 0.6) is 5.88 Å². The van der Waals surface area contributed by atoms with Gasteiger partial charge in [0.1, 0.15) is 12.0 Å². The maximum absolute atomic E-state index is 5.95. The van der Waals surface area contributed by atoms with E-state index >= 15 is 0 Å². The first-order valence-electron chi connectivity index (χ1n) is 6.00. The van der Waals surface area contributed by atoms with Gasteiger partial charge in [-0.1, -0.05) is 0 Å². The summed E-state index contributed by atoms with van der Waals surface area (Å²) in [6, 6.07) is 2.32. The third-order valence-corrected chi connectivity index (χ3v) is 3.92. The van der Waals surface area contributed by atoms with E-state index in [4.69, 9.17) is 10.5 Å². The molecule has 0 bridgehead atoms. The molecular weight excluding hydrogens is 260 g/mol. The SMILES string of the molecule is COc1ncnc(NC(C)c2cc(C)sc2C)c1N. The number of rotatable bonds is 4. The molecule has 0 saturated carbocycles. The Balaban J connectivity index is 2.24. The number of aryl methyl sites for hydroxylation is 2. The highest BCUT2D eigenvalue weighted by Gasteiger charge is 2.15. The molecule has 0 aliphatic heterocycles. The average molecular weight is 278 g/mol. The number of hydrogen-bond acceptors (Lipinski definition) is 6. The summed E-state index contributed by atoms with van der Waals surface area (Å²) in [4.78, 5) is 10.7. The smallest absolute Gasteiger partial charge is 0.242 e. The van der Waals surface area contributed by atoms with Gasteiger partial charge in [0.25, 0.3) is 0 Å². The molecule has 19 heavy (non-hydrogen) atoms. The highest BCUT2D eigenvalue weighted by atomic mass is 32.1. The molecule has 0 aliphatic rings. The molecule has 0 saturated heterocycles. The Hall–Kier alpha value is -1.82. The highest BCUT2D eigenvalue weighted by Crippen LogP contribution is 2.31. The standard InChI is InChI=1S/C13H18N4OS/c1-7-5-10(9(3)19-7)8(2)17-12-11(14)13(18-4)16-6-15-12/h5-6,8H,14H2,1-4H3,(H,15,16,17). The van der Waals surface area contributed by atoms with Crippen molar-refractivity contribution < 1.29 is 4.74 Å². The van der Waals surface area contributed by atoms with Crippen LogP contribution in [0.3, 0.4) is 0 Å². The van der Waals surface area contributed by atoms with Gasteiger partial charge >= 0.3 is 0 Å². The first-order chi connectivity index (χ1) is 9.02. The largest absolute Gasteiger partial charge is 0.479 e. The van der Waals surface area contributed by atoms with Crippen molar-refractivity contribution in [3.8, 4) is 5.88 Å². The second-order valence-electron chi connectivity index (χ2n) is 4.38. The van der Waals surface area contributed by atoms with Gasteiger partial charge in [0.2, 0.25) is 5.88 Å². The van der Waals surface area contributed by atoms with Crippen molar-refractivity contribution in [2.75, 3.05) is 18.2 Å². The molecule has 5 nitrogen and oxygen atoms in total. The average Bonchev–Trinajstić information content (AvgIpc) is 2.71. The lowest BCUT2D eigenvalue weighted by Gasteiger charge is -2.16. The molecule has 3 N–H and O–H groups in total. The Bertz CT molecular complexity index is 582.